The fraction of sp³-hybridized carbons (Fsp3) is 0.350. The maximum absolute atomic E-state index is 12.9. The summed E-state index contributed by atoms with van der Waals surface area (Å²) in [6.07, 6.45) is 0.905. The predicted molar refractivity (Wildman–Crippen MR) is 113 cm³/mol. The van der Waals surface area contributed by atoms with Crippen LogP contribution in [-0.2, 0) is 0 Å². The van der Waals surface area contributed by atoms with Crippen molar-refractivity contribution < 1.29 is 0 Å². The van der Waals surface area contributed by atoms with Crippen molar-refractivity contribution in [3.05, 3.63) is 52.7 Å². The second-order valence-corrected chi connectivity index (χ2v) is 7.64. The number of rotatable bonds is 8. The zero-order chi connectivity index (χ0) is 18.5. The van der Waals surface area contributed by atoms with Crippen LogP contribution in [0.4, 0.5) is 5.69 Å². The number of likely N-dealkylation sites (N-methyl/N-ethyl adjacent to an activating group) is 1. The topological polar surface area (TPSA) is 61.6 Å². The normalized spacial score (nSPS) is 11.5. The van der Waals surface area contributed by atoms with E-state index < -0.39 is 0 Å². The van der Waals surface area contributed by atoms with Crippen molar-refractivity contribution >= 4 is 37.2 Å². The Hall–Kier alpha value is -1.99. The van der Waals surface area contributed by atoms with Crippen LogP contribution in [0, 0.1) is 0 Å². The van der Waals surface area contributed by atoms with Crippen molar-refractivity contribution in [2.75, 3.05) is 45.3 Å². The van der Waals surface area contributed by atoms with E-state index in [1.165, 1.54) is 0 Å². The summed E-state index contributed by atoms with van der Waals surface area (Å²) in [6, 6.07) is 13.8. The Morgan fingerprint density at radius 3 is 2.58 bits per heavy atom. The second kappa shape index (κ2) is 8.60. The standard InChI is InChI=1S/C20H26N4OS/c1-23(2)13-14-24(22-12-6-11-21)17-9-5-8-16-19(25)15-7-3-4-10-18(15)26-20(16)17/h3-5,7-10,22H,6,11-14,21H2,1-2H3. The molecular weight excluding hydrogens is 344 g/mol. The van der Waals surface area contributed by atoms with Crippen LogP contribution in [0.2, 0.25) is 0 Å². The molecule has 0 bridgehead atoms. The van der Waals surface area contributed by atoms with E-state index in [-0.39, 0.29) is 5.43 Å². The van der Waals surface area contributed by atoms with Crippen molar-refractivity contribution in [3.63, 3.8) is 0 Å². The number of anilines is 1. The van der Waals surface area contributed by atoms with E-state index in [0.717, 1.165) is 51.9 Å². The summed E-state index contributed by atoms with van der Waals surface area (Å²) in [4.78, 5) is 15.1. The van der Waals surface area contributed by atoms with Gasteiger partial charge in [-0.2, -0.15) is 0 Å². The Labute approximate surface area is 158 Å². The molecule has 0 aliphatic rings. The van der Waals surface area contributed by atoms with Gasteiger partial charge in [0, 0.05) is 35.1 Å². The number of hydrogen-bond acceptors (Lipinski definition) is 6. The lowest BCUT2D eigenvalue weighted by Crippen LogP contribution is -2.43. The highest BCUT2D eigenvalue weighted by molar-refractivity contribution is 7.25. The molecule has 3 N–H and O–H groups in total. The summed E-state index contributed by atoms with van der Waals surface area (Å²) >= 11 is 1.67. The van der Waals surface area contributed by atoms with Gasteiger partial charge in [-0.1, -0.05) is 18.2 Å². The first-order valence-electron chi connectivity index (χ1n) is 8.92. The molecule has 0 fully saturated rings. The van der Waals surface area contributed by atoms with Crippen molar-refractivity contribution in [3.8, 4) is 0 Å². The number of hydrogen-bond donors (Lipinski definition) is 2. The van der Waals surface area contributed by atoms with Gasteiger partial charge in [-0.15, -0.1) is 11.3 Å². The molecule has 26 heavy (non-hydrogen) atoms. The average molecular weight is 371 g/mol. The van der Waals surface area contributed by atoms with E-state index in [0.29, 0.717) is 6.54 Å². The maximum Gasteiger partial charge on any atom is 0.195 e. The SMILES string of the molecule is CN(C)CCN(NCCCN)c1cccc2c(=O)c3ccccc3sc12. The fourth-order valence-electron chi connectivity index (χ4n) is 2.92. The van der Waals surface area contributed by atoms with Crippen LogP contribution < -0.4 is 21.6 Å². The lowest BCUT2D eigenvalue weighted by Gasteiger charge is -2.28. The minimum absolute atomic E-state index is 0.103. The van der Waals surface area contributed by atoms with Crippen LogP contribution in [0.15, 0.2) is 47.3 Å². The number of nitrogens with one attached hydrogen (secondary N) is 1. The van der Waals surface area contributed by atoms with E-state index in [1.807, 2.05) is 36.4 Å². The fourth-order valence-corrected chi connectivity index (χ4v) is 4.11. The highest BCUT2D eigenvalue weighted by Crippen LogP contribution is 2.32. The van der Waals surface area contributed by atoms with Gasteiger partial charge in [-0.05, 0) is 51.3 Å². The lowest BCUT2D eigenvalue weighted by atomic mass is 10.1. The van der Waals surface area contributed by atoms with Gasteiger partial charge in [0.2, 0.25) is 0 Å². The molecule has 3 rings (SSSR count). The largest absolute Gasteiger partial charge is 0.330 e. The highest BCUT2D eigenvalue weighted by Gasteiger charge is 2.14. The number of nitrogens with two attached hydrogens (primary N) is 1. The number of nitrogens with zero attached hydrogens (tertiary/aromatic N) is 2. The average Bonchev–Trinajstić information content (AvgIpc) is 2.64. The molecule has 0 spiro atoms. The molecule has 6 heteroatoms. The molecular formula is C20H26N4OS. The van der Waals surface area contributed by atoms with Gasteiger partial charge >= 0.3 is 0 Å². The highest BCUT2D eigenvalue weighted by atomic mass is 32.1. The number of hydrazine groups is 1. The van der Waals surface area contributed by atoms with Crippen LogP contribution in [-0.4, -0.2) is 45.2 Å². The first-order chi connectivity index (χ1) is 12.6. The monoisotopic (exact) mass is 370 g/mol. The first-order valence-corrected chi connectivity index (χ1v) is 9.74. The Morgan fingerprint density at radius 2 is 1.81 bits per heavy atom. The Morgan fingerprint density at radius 1 is 1.04 bits per heavy atom. The molecule has 3 aromatic rings. The third-order valence-corrected chi connectivity index (χ3v) is 5.54. The molecule has 0 saturated carbocycles. The minimum Gasteiger partial charge on any atom is -0.330 e. The van der Waals surface area contributed by atoms with Crippen LogP contribution in [0.25, 0.3) is 20.2 Å². The molecule has 1 aromatic heterocycles. The Kier molecular flexibility index (Phi) is 6.21. The number of fused-ring (bicyclic) bond motifs is 2. The zero-order valence-electron chi connectivity index (χ0n) is 15.4. The summed E-state index contributed by atoms with van der Waals surface area (Å²) < 4.78 is 2.04. The summed E-state index contributed by atoms with van der Waals surface area (Å²) in [6.45, 7) is 3.20. The molecule has 2 aromatic carbocycles. The summed E-state index contributed by atoms with van der Waals surface area (Å²) in [7, 11) is 4.13. The minimum atomic E-state index is 0.103. The molecule has 0 saturated heterocycles. The molecule has 0 radical (unpaired) electrons. The molecule has 0 unspecified atom stereocenters. The van der Waals surface area contributed by atoms with Crippen LogP contribution in [0.1, 0.15) is 6.42 Å². The van der Waals surface area contributed by atoms with E-state index in [2.05, 4.69) is 35.5 Å². The molecule has 0 amide bonds. The van der Waals surface area contributed by atoms with Gasteiger partial charge in [0.15, 0.2) is 5.43 Å². The van der Waals surface area contributed by atoms with Gasteiger partial charge in [0.05, 0.1) is 10.4 Å². The predicted octanol–water partition coefficient (Wildman–Crippen LogP) is 2.64. The lowest BCUT2D eigenvalue weighted by molar-refractivity contribution is 0.404. The molecule has 1 heterocycles. The third kappa shape index (κ3) is 4.04. The number of benzene rings is 2. The summed E-state index contributed by atoms with van der Waals surface area (Å²) in [5, 5.41) is 3.72. The van der Waals surface area contributed by atoms with E-state index >= 15 is 0 Å². The smallest absolute Gasteiger partial charge is 0.195 e. The van der Waals surface area contributed by atoms with Crippen LogP contribution in [0.3, 0.4) is 0 Å². The molecule has 0 aliphatic heterocycles. The van der Waals surface area contributed by atoms with Crippen molar-refractivity contribution in [1.29, 1.82) is 0 Å². The quantitative estimate of drug-likeness (QED) is 0.363. The maximum atomic E-state index is 12.9. The van der Waals surface area contributed by atoms with Gasteiger partial charge < -0.3 is 15.6 Å². The van der Waals surface area contributed by atoms with Gasteiger partial charge in [0.25, 0.3) is 0 Å². The molecule has 0 aliphatic carbocycles. The van der Waals surface area contributed by atoms with Crippen molar-refractivity contribution in [2.24, 2.45) is 5.73 Å². The zero-order valence-corrected chi connectivity index (χ0v) is 16.2. The van der Waals surface area contributed by atoms with Gasteiger partial charge in [0.1, 0.15) is 0 Å². The van der Waals surface area contributed by atoms with Gasteiger partial charge in [-0.3, -0.25) is 4.79 Å². The summed E-state index contributed by atoms with van der Waals surface area (Å²) in [5.41, 5.74) is 10.3. The van der Waals surface area contributed by atoms with Crippen molar-refractivity contribution in [1.82, 2.24) is 10.3 Å². The van der Waals surface area contributed by atoms with Crippen molar-refractivity contribution in [2.45, 2.75) is 6.42 Å². The van der Waals surface area contributed by atoms with Crippen LogP contribution in [0.5, 0.6) is 0 Å². The van der Waals surface area contributed by atoms with Gasteiger partial charge in [-0.25, -0.2) is 5.43 Å². The Balaban J connectivity index is 2.09. The van der Waals surface area contributed by atoms with E-state index in [9.17, 15) is 4.79 Å². The molecule has 138 valence electrons. The third-order valence-electron chi connectivity index (χ3n) is 4.33. The second-order valence-electron chi connectivity index (χ2n) is 6.59. The van der Waals surface area contributed by atoms with E-state index in [4.69, 9.17) is 5.73 Å². The molecule has 5 nitrogen and oxygen atoms in total. The summed E-state index contributed by atoms with van der Waals surface area (Å²) in [5.74, 6) is 0. The Bertz CT molecular complexity index is 938. The first kappa shape index (κ1) is 18.8. The molecule has 0 atom stereocenters. The van der Waals surface area contributed by atoms with Crippen LogP contribution >= 0.6 is 11.3 Å². The van der Waals surface area contributed by atoms with E-state index in [1.54, 1.807) is 11.3 Å².